The van der Waals surface area contributed by atoms with Crippen molar-refractivity contribution in [3.8, 4) is 17.6 Å². The van der Waals surface area contributed by atoms with E-state index in [1.165, 1.54) is 42.5 Å². The fourth-order valence-corrected chi connectivity index (χ4v) is 2.23. The van der Waals surface area contributed by atoms with Gasteiger partial charge in [-0.15, -0.1) is 0 Å². The van der Waals surface area contributed by atoms with E-state index in [1.54, 1.807) is 13.0 Å². The van der Waals surface area contributed by atoms with Gasteiger partial charge < -0.3 is 9.47 Å². The molecular weight excluding hydrogens is 346 g/mol. The Labute approximate surface area is 148 Å². The number of hydrogen-bond acceptors (Lipinski definition) is 5. The Balaban J connectivity index is 2.49. The van der Waals surface area contributed by atoms with E-state index in [9.17, 15) is 24.2 Å². The molecule has 2 rings (SSSR count). The first-order valence-electron chi connectivity index (χ1n) is 7.53. The molecule has 0 spiro atoms. The normalized spacial score (nSPS) is 11.1. The number of hydrogen-bond donors (Lipinski definition) is 0. The predicted octanol–water partition coefficient (Wildman–Crippen LogP) is 4.66. The lowest BCUT2D eigenvalue weighted by molar-refractivity contribution is -0.384. The lowest BCUT2D eigenvalue weighted by atomic mass is 10.0. The molecule has 0 aromatic heterocycles. The van der Waals surface area contributed by atoms with Crippen LogP contribution in [-0.2, 0) is 0 Å². The second kappa shape index (κ2) is 8.58. The topological polar surface area (TPSA) is 85.4 Å². The highest BCUT2D eigenvalue weighted by molar-refractivity contribution is 5.91. The molecule has 0 fully saturated rings. The molecule has 8 heteroatoms. The summed E-state index contributed by atoms with van der Waals surface area (Å²) in [5.41, 5.74) is 0.646. The Morgan fingerprint density at radius 1 is 1.31 bits per heavy atom. The van der Waals surface area contributed by atoms with Crippen LogP contribution in [0.2, 0.25) is 0 Å². The van der Waals surface area contributed by atoms with E-state index >= 15 is 0 Å². The van der Waals surface area contributed by atoms with Gasteiger partial charge in [-0.05, 0) is 36.8 Å². The van der Waals surface area contributed by atoms with Crippen LogP contribution in [0.15, 0.2) is 42.5 Å². The molecule has 134 valence electrons. The molecule has 0 unspecified atom stereocenters. The maximum absolute atomic E-state index is 12.8. The van der Waals surface area contributed by atoms with Crippen LogP contribution in [0.25, 0.3) is 11.6 Å². The van der Waals surface area contributed by atoms with E-state index < -0.39 is 11.5 Å². The van der Waals surface area contributed by atoms with E-state index in [0.29, 0.717) is 5.56 Å². The van der Waals surface area contributed by atoms with Gasteiger partial charge in [-0.1, -0.05) is 12.1 Å². The number of allylic oxidation sites excluding steroid dienone is 1. The molecule has 0 aliphatic carbocycles. The largest absolute Gasteiger partial charge is 0.490 e. The summed E-state index contributed by atoms with van der Waals surface area (Å²) in [5.74, 6) is -0.0541. The first-order chi connectivity index (χ1) is 12.5. The third kappa shape index (κ3) is 4.54. The van der Waals surface area contributed by atoms with Gasteiger partial charge in [0.15, 0.2) is 11.5 Å². The number of benzene rings is 2. The molecule has 0 aliphatic rings. The van der Waals surface area contributed by atoms with Gasteiger partial charge in [0, 0.05) is 17.7 Å². The van der Waals surface area contributed by atoms with Crippen molar-refractivity contribution in [2.24, 2.45) is 0 Å². The summed E-state index contributed by atoms with van der Waals surface area (Å²) < 4.78 is 35.4. The van der Waals surface area contributed by atoms with Gasteiger partial charge in [0.25, 0.3) is 5.69 Å². The van der Waals surface area contributed by atoms with Gasteiger partial charge in [0.2, 0.25) is 0 Å². The lowest BCUT2D eigenvalue weighted by Gasteiger charge is -2.14. The van der Waals surface area contributed by atoms with Crippen molar-refractivity contribution < 1.29 is 23.2 Å². The number of ether oxygens (including phenoxy) is 2. The molecule has 6 nitrogen and oxygen atoms in total. The summed E-state index contributed by atoms with van der Waals surface area (Å²) in [6, 6.07) is 11.9. The van der Waals surface area contributed by atoms with Gasteiger partial charge in [0.1, 0.15) is 0 Å². The van der Waals surface area contributed by atoms with Crippen molar-refractivity contribution in [3.63, 3.8) is 0 Å². The van der Waals surface area contributed by atoms with Crippen LogP contribution >= 0.6 is 0 Å². The van der Waals surface area contributed by atoms with E-state index in [0.717, 1.165) is 0 Å². The number of nitro benzene ring substituents is 1. The van der Waals surface area contributed by atoms with Crippen LogP contribution < -0.4 is 9.47 Å². The zero-order chi connectivity index (χ0) is 19.1. The zero-order valence-corrected chi connectivity index (χ0v) is 13.7. The highest BCUT2D eigenvalue weighted by Crippen LogP contribution is 2.35. The summed E-state index contributed by atoms with van der Waals surface area (Å²) in [6.45, 7) is -1.11. The van der Waals surface area contributed by atoms with Crippen molar-refractivity contribution in [1.82, 2.24) is 0 Å². The van der Waals surface area contributed by atoms with E-state index in [1.807, 2.05) is 6.07 Å². The number of alkyl halides is 2. The Hall–Kier alpha value is -3.47. The fourth-order valence-electron chi connectivity index (χ4n) is 2.23. The van der Waals surface area contributed by atoms with Crippen LogP contribution in [-0.4, -0.2) is 18.1 Å². The number of nitro groups is 1. The van der Waals surface area contributed by atoms with E-state index in [-0.39, 0.29) is 34.9 Å². The summed E-state index contributed by atoms with van der Waals surface area (Å²) in [6.07, 6.45) is 1.36. The minimum Gasteiger partial charge on any atom is -0.490 e. The maximum Gasteiger partial charge on any atom is 0.387 e. The van der Waals surface area contributed by atoms with Crippen LogP contribution in [0, 0.1) is 21.4 Å². The van der Waals surface area contributed by atoms with Crippen LogP contribution in [0.5, 0.6) is 11.5 Å². The van der Waals surface area contributed by atoms with Gasteiger partial charge in [-0.25, -0.2) is 0 Å². The molecule has 2 aromatic carbocycles. The smallest absolute Gasteiger partial charge is 0.387 e. The monoisotopic (exact) mass is 360 g/mol. The molecule has 0 aliphatic heterocycles. The Kier molecular flexibility index (Phi) is 6.22. The zero-order valence-electron chi connectivity index (χ0n) is 13.7. The van der Waals surface area contributed by atoms with Crippen molar-refractivity contribution >= 4 is 17.3 Å². The highest BCUT2D eigenvalue weighted by atomic mass is 19.3. The molecule has 0 amide bonds. The van der Waals surface area contributed by atoms with Crippen molar-refractivity contribution in [2.45, 2.75) is 13.5 Å². The second-order valence-electron chi connectivity index (χ2n) is 4.96. The average molecular weight is 360 g/mol. The molecule has 0 bridgehead atoms. The highest BCUT2D eigenvalue weighted by Gasteiger charge is 2.16. The number of rotatable bonds is 7. The third-order valence-electron chi connectivity index (χ3n) is 3.33. The van der Waals surface area contributed by atoms with Crippen LogP contribution in [0.3, 0.4) is 0 Å². The minimum absolute atomic E-state index is 0.119. The van der Waals surface area contributed by atoms with Gasteiger partial charge in [-0.3, -0.25) is 10.1 Å². The number of para-hydroxylation sites is 1. The first kappa shape index (κ1) is 18.9. The predicted molar refractivity (Wildman–Crippen MR) is 90.8 cm³/mol. The number of nitrogens with zero attached hydrogens (tertiary/aromatic N) is 2. The quantitative estimate of drug-likeness (QED) is 0.310. The van der Waals surface area contributed by atoms with Gasteiger partial charge in [0.05, 0.1) is 23.2 Å². The molecule has 0 saturated carbocycles. The average Bonchev–Trinajstić information content (AvgIpc) is 2.62. The molecule has 0 heterocycles. The summed E-state index contributed by atoms with van der Waals surface area (Å²) >= 11 is 0. The molecular formula is C18H14F2N2O4. The Bertz CT molecular complexity index is 858. The minimum atomic E-state index is -3.06. The standard InChI is InChI=1S/C18H14F2N2O4/c1-2-25-16-5-3-4-13(17(16)26-18(19)20)10-14(11-21)12-6-8-15(9-7-12)22(23)24/h3-10,18H,2H2,1H3/b14-10+. The van der Waals surface area contributed by atoms with Crippen LogP contribution in [0.1, 0.15) is 18.1 Å². The number of non-ortho nitro benzene ring substituents is 1. The van der Waals surface area contributed by atoms with Crippen molar-refractivity contribution in [1.29, 1.82) is 5.26 Å². The third-order valence-corrected chi connectivity index (χ3v) is 3.33. The van der Waals surface area contributed by atoms with Crippen LogP contribution in [0.4, 0.5) is 14.5 Å². The molecule has 2 aromatic rings. The molecule has 0 N–H and O–H groups in total. The SMILES string of the molecule is CCOc1cccc(/C=C(\C#N)c2ccc([N+](=O)[O-])cc2)c1OC(F)F. The first-order valence-corrected chi connectivity index (χ1v) is 7.53. The number of nitriles is 1. The molecule has 0 atom stereocenters. The number of halogens is 2. The van der Waals surface area contributed by atoms with Crippen molar-refractivity contribution in [2.75, 3.05) is 6.61 Å². The van der Waals surface area contributed by atoms with Gasteiger partial charge >= 0.3 is 6.61 Å². The summed E-state index contributed by atoms with van der Waals surface area (Å²) in [4.78, 5) is 10.2. The second-order valence-corrected chi connectivity index (χ2v) is 4.96. The van der Waals surface area contributed by atoms with Gasteiger partial charge in [-0.2, -0.15) is 14.0 Å². The van der Waals surface area contributed by atoms with E-state index in [4.69, 9.17) is 4.74 Å². The summed E-state index contributed by atoms with van der Waals surface area (Å²) in [7, 11) is 0. The molecule has 26 heavy (non-hydrogen) atoms. The maximum atomic E-state index is 12.8. The lowest BCUT2D eigenvalue weighted by Crippen LogP contribution is -2.06. The fraction of sp³-hybridized carbons (Fsp3) is 0.167. The summed E-state index contributed by atoms with van der Waals surface area (Å²) in [5, 5.41) is 20.1. The van der Waals surface area contributed by atoms with E-state index in [2.05, 4.69) is 4.74 Å². The Morgan fingerprint density at radius 2 is 2.00 bits per heavy atom. The Morgan fingerprint density at radius 3 is 2.54 bits per heavy atom. The molecule has 0 radical (unpaired) electrons. The molecule has 0 saturated heterocycles. The van der Waals surface area contributed by atoms with Crippen molar-refractivity contribution in [3.05, 3.63) is 63.7 Å².